The Morgan fingerprint density at radius 2 is 2.17 bits per heavy atom. The molecule has 0 aliphatic carbocycles. The molecule has 0 amide bonds. The number of aromatic nitrogens is 2. The van der Waals surface area contributed by atoms with Gasteiger partial charge in [0.25, 0.3) is 0 Å². The molecule has 96 valence electrons. The van der Waals surface area contributed by atoms with Crippen molar-refractivity contribution >= 4 is 29.1 Å². The van der Waals surface area contributed by atoms with Gasteiger partial charge in [-0.2, -0.15) is 5.10 Å². The summed E-state index contributed by atoms with van der Waals surface area (Å²) in [6.07, 6.45) is 0. The summed E-state index contributed by atoms with van der Waals surface area (Å²) in [5.41, 5.74) is 7.73. The number of nitrogens with two attached hydrogens (primary N) is 1. The standard InChI is InChI=1S/C12H13ClFN3S/c1-7-12(13)11(17(2)16-7)6-18-10-4-8(14)3-9(15)5-10/h3-5H,6,15H2,1-2H3. The zero-order valence-corrected chi connectivity index (χ0v) is 11.6. The maximum absolute atomic E-state index is 13.2. The quantitative estimate of drug-likeness (QED) is 0.694. The summed E-state index contributed by atoms with van der Waals surface area (Å²) in [5.74, 6) is 0.295. The summed E-state index contributed by atoms with van der Waals surface area (Å²) in [7, 11) is 1.84. The SMILES string of the molecule is Cc1nn(C)c(CSc2cc(N)cc(F)c2)c1Cl. The molecule has 0 saturated carbocycles. The van der Waals surface area contributed by atoms with Crippen molar-refractivity contribution in [2.24, 2.45) is 7.05 Å². The summed E-state index contributed by atoms with van der Waals surface area (Å²) in [5, 5.41) is 4.89. The second-order valence-electron chi connectivity index (χ2n) is 3.98. The predicted octanol–water partition coefficient (Wildman–Crippen LogP) is 3.40. The molecule has 6 heteroatoms. The van der Waals surface area contributed by atoms with E-state index in [1.54, 1.807) is 10.7 Å². The van der Waals surface area contributed by atoms with Gasteiger partial charge in [-0.3, -0.25) is 4.68 Å². The molecule has 0 aliphatic heterocycles. The summed E-state index contributed by atoms with van der Waals surface area (Å²) in [6, 6.07) is 4.49. The van der Waals surface area contributed by atoms with Gasteiger partial charge in [-0.05, 0) is 25.1 Å². The zero-order valence-electron chi connectivity index (χ0n) is 10.1. The van der Waals surface area contributed by atoms with E-state index in [1.165, 1.54) is 23.9 Å². The molecule has 3 nitrogen and oxygen atoms in total. The number of hydrogen-bond acceptors (Lipinski definition) is 3. The van der Waals surface area contributed by atoms with E-state index in [-0.39, 0.29) is 5.82 Å². The fourth-order valence-corrected chi connectivity index (χ4v) is 3.01. The van der Waals surface area contributed by atoms with Crippen molar-refractivity contribution in [3.05, 3.63) is 40.4 Å². The van der Waals surface area contributed by atoms with Gasteiger partial charge in [0.2, 0.25) is 0 Å². The number of hydrogen-bond donors (Lipinski definition) is 1. The van der Waals surface area contributed by atoms with Crippen molar-refractivity contribution in [2.45, 2.75) is 17.6 Å². The minimum Gasteiger partial charge on any atom is -0.399 e. The lowest BCUT2D eigenvalue weighted by Gasteiger charge is -2.04. The van der Waals surface area contributed by atoms with E-state index in [4.69, 9.17) is 17.3 Å². The Hall–Kier alpha value is -1.20. The summed E-state index contributed by atoms with van der Waals surface area (Å²) >= 11 is 7.63. The van der Waals surface area contributed by atoms with Gasteiger partial charge >= 0.3 is 0 Å². The molecule has 2 aromatic rings. The van der Waals surface area contributed by atoms with Gasteiger partial charge in [-0.25, -0.2) is 4.39 Å². The number of halogens is 2. The topological polar surface area (TPSA) is 43.8 Å². The van der Waals surface area contributed by atoms with Crippen LogP contribution in [0.4, 0.5) is 10.1 Å². The van der Waals surface area contributed by atoms with E-state index in [0.29, 0.717) is 16.5 Å². The van der Waals surface area contributed by atoms with Crippen LogP contribution in [-0.2, 0) is 12.8 Å². The molecule has 0 radical (unpaired) electrons. The fraction of sp³-hybridized carbons (Fsp3) is 0.250. The molecule has 0 spiro atoms. The number of rotatable bonds is 3. The molecular weight excluding hydrogens is 273 g/mol. The van der Waals surface area contributed by atoms with Crippen molar-refractivity contribution in [2.75, 3.05) is 5.73 Å². The number of aryl methyl sites for hydroxylation is 2. The van der Waals surface area contributed by atoms with Gasteiger partial charge in [0.05, 0.1) is 16.4 Å². The molecule has 18 heavy (non-hydrogen) atoms. The van der Waals surface area contributed by atoms with Crippen LogP contribution in [0.15, 0.2) is 23.1 Å². The maximum Gasteiger partial charge on any atom is 0.126 e. The van der Waals surface area contributed by atoms with E-state index >= 15 is 0 Å². The highest BCUT2D eigenvalue weighted by Gasteiger charge is 2.11. The number of benzene rings is 1. The molecule has 0 bridgehead atoms. The Labute approximate surface area is 114 Å². The maximum atomic E-state index is 13.2. The first-order valence-electron chi connectivity index (χ1n) is 5.34. The molecule has 2 rings (SSSR count). The lowest BCUT2D eigenvalue weighted by molar-refractivity contribution is 0.625. The van der Waals surface area contributed by atoms with E-state index in [0.717, 1.165) is 16.3 Å². The van der Waals surface area contributed by atoms with Gasteiger partial charge in [0.15, 0.2) is 0 Å². The molecule has 0 atom stereocenters. The normalized spacial score (nSPS) is 10.9. The van der Waals surface area contributed by atoms with Crippen LogP contribution in [0.5, 0.6) is 0 Å². The fourth-order valence-electron chi connectivity index (χ4n) is 1.66. The van der Waals surface area contributed by atoms with Crippen molar-refractivity contribution in [1.82, 2.24) is 9.78 Å². The van der Waals surface area contributed by atoms with Gasteiger partial charge in [-0.15, -0.1) is 11.8 Å². The third kappa shape index (κ3) is 2.79. The van der Waals surface area contributed by atoms with Crippen LogP contribution in [0.1, 0.15) is 11.4 Å². The van der Waals surface area contributed by atoms with E-state index in [9.17, 15) is 4.39 Å². The Morgan fingerprint density at radius 3 is 2.72 bits per heavy atom. The van der Waals surface area contributed by atoms with E-state index in [2.05, 4.69) is 5.10 Å². The molecule has 0 saturated heterocycles. The average molecular weight is 286 g/mol. The molecule has 1 aromatic heterocycles. The van der Waals surface area contributed by atoms with Crippen molar-refractivity contribution in [3.63, 3.8) is 0 Å². The lowest BCUT2D eigenvalue weighted by atomic mass is 10.3. The highest BCUT2D eigenvalue weighted by atomic mass is 35.5. The minimum atomic E-state index is -0.329. The van der Waals surface area contributed by atoms with Crippen LogP contribution >= 0.6 is 23.4 Å². The van der Waals surface area contributed by atoms with Gasteiger partial charge in [0.1, 0.15) is 5.82 Å². The Morgan fingerprint density at radius 1 is 1.44 bits per heavy atom. The molecular formula is C12H13ClFN3S. The summed E-state index contributed by atoms with van der Waals surface area (Å²) in [4.78, 5) is 0.780. The molecule has 0 aliphatic rings. The van der Waals surface area contributed by atoms with Crippen LogP contribution in [0.25, 0.3) is 0 Å². The van der Waals surface area contributed by atoms with Gasteiger partial charge in [0, 0.05) is 23.4 Å². The first-order valence-corrected chi connectivity index (χ1v) is 6.70. The molecule has 1 heterocycles. The number of thioether (sulfide) groups is 1. The van der Waals surface area contributed by atoms with Crippen molar-refractivity contribution < 1.29 is 4.39 Å². The first kappa shape index (κ1) is 13.2. The smallest absolute Gasteiger partial charge is 0.126 e. The molecule has 1 aromatic carbocycles. The first-order chi connectivity index (χ1) is 8.47. The van der Waals surface area contributed by atoms with Crippen LogP contribution < -0.4 is 5.73 Å². The third-order valence-corrected chi connectivity index (χ3v) is 4.01. The zero-order chi connectivity index (χ0) is 13.3. The Bertz CT molecular complexity index is 563. The average Bonchev–Trinajstić information content (AvgIpc) is 2.50. The summed E-state index contributed by atoms with van der Waals surface area (Å²) in [6.45, 7) is 1.86. The lowest BCUT2D eigenvalue weighted by Crippen LogP contribution is -1.97. The molecule has 2 N–H and O–H groups in total. The van der Waals surface area contributed by atoms with Gasteiger partial charge in [-0.1, -0.05) is 11.6 Å². The van der Waals surface area contributed by atoms with Crippen LogP contribution in [0, 0.1) is 12.7 Å². The van der Waals surface area contributed by atoms with Crippen molar-refractivity contribution in [3.8, 4) is 0 Å². The number of nitrogens with zero attached hydrogens (tertiary/aromatic N) is 2. The highest BCUT2D eigenvalue weighted by Crippen LogP contribution is 2.29. The van der Waals surface area contributed by atoms with Crippen LogP contribution in [0.2, 0.25) is 5.02 Å². The largest absolute Gasteiger partial charge is 0.399 e. The van der Waals surface area contributed by atoms with Crippen LogP contribution in [-0.4, -0.2) is 9.78 Å². The number of anilines is 1. The molecule has 0 fully saturated rings. The summed E-state index contributed by atoms with van der Waals surface area (Å²) < 4.78 is 14.9. The van der Waals surface area contributed by atoms with E-state index in [1.807, 2.05) is 14.0 Å². The predicted molar refractivity (Wildman–Crippen MR) is 73.3 cm³/mol. The second kappa shape index (κ2) is 5.20. The monoisotopic (exact) mass is 285 g/mol. The Kier molecular flexibility index (Phi) is 3.82. The molecule has 0 unspecified atom stereocenters. The van der Waals surface area contributed by atoms with Gasteiger partial charge < -0.3 is 5.73 Å². The Balaban J connectivity index is 2.16. The highest BCUT2D eigenvalue weighted by molar-refractivity contribution is 7.98. The minimum absolute atomic E-state index is 0.329. The second-order valence-corrected chi connectivity index (χ2v) is 5.41. The number of nitrogen functional groups attached to an aromatic ring is 1. The van der Waals surface area contributed by atoms with Crippen LogP contribution in [0.3, 0.4) is 0 Å². The van der Waals surface area contributed by atoms with Crippen molar-refractivity contribution in [1.29, 1.82) is 0 Å². The van der Waals surface area contributed by atoms with E-state index < -0.39 is 0 Å². The third-order valence-electron chi connectivity index (χ3n) is 2.53.